The zero-order valence-electron chi connectivity index (χ0n) is 14.0. The molecule has 138 valence electrons. The second kappa shape index (κ2) is 8.37. The Morgan fingerprint density at radius 3 is 2.74 bits per heavy atom. The molecule has 1 aromatic heterocycles. The summed E-state index contributed by atoms with van der Waals surface area (Å²) in [6.45, 7) is 0.441. The molecule has 0 atom stereocenters. The second-order valence-electron chi connectivity index (χ2n) is 5.48. The molecule has 0 saturated carbocycles. The summed E-state index contributed by atoms with van der Waals surface area (Å²) in [5.41, 5.74) is 0.317. The predicted octanol–water partition coefficient (Wildman–Crippen LogP) is 3.15. The Morgan fingerprint density at radius 1 is 1.22 bits per heavy atom. The van der Waals surface area contributed by atoms with E-state index in [-0.39, 0.29) is 17.2 Å². The lowest BCUT2D eigenvalue weighted by Gasteiger charge is -2.05. The van der Waals surface area contributed by atoms with Crippen LogP contribution < -0.4 is 0 Å². The van der Waals surface area contributed by atoms with Crippen LogP contribution in [0.1, 0.15) is 16.8 Å². The van der Waals surface area contributed by atoms with Crippen LogP contribution in [0.3, 0.4) is 0 Å². The lowest BCUT2D eigenvalue weighted by Crippen LogP contribution is -2.11. The summed E-state index contributed by atoms with van der Waals surface area (Å²) in [6.07, 6.45) is 0.428. The molecule has 1 heterocycles. The van der Waals surface area contributed by atoms with Gasteiger partial charge >= 0.3 is 5.97 Å². The van der Waals surface area contributed by atoms with Gasteiger partial charge in [-0.2, -0.15) is 4.80 Å². The van der Waals surface area contributed by atoms with Gasteiger partial charge in [0.25, 0.3) is 5.69 Å². The van der Waals surface area contributed by atoms with Crippen molar-refractivity contribution in [2.45, 2.75) is 13.0 Å². The number of rotatable bonds is 7. The highest BCUT2D eigenvalue weighted by Crippen LogP contribution is 2.23. The summed E-state index contributed by atoms with van der Waals surface area (Å²) < 4.78 is 5.10. The summed E-state index contributed by atoms with van der Waals surface area (Å²) in [5, 5.41) is 23.4. The van der Waals surface area contributed by atoms with E-state index in [1.165, 1.54) is 16.9 Å². The van der Waals surface area contributed by atoms with Crippen molar-refractivity contribution in [2.24, 2.45) is 0 Å². The van der Waals surface area contributed by atoms with Crippen LogP contribution in [0.5, 0.6) is 0 Å². The normalized spacial score (nSPS) is 10.6. The molecule has 0 spiro atoms. The maximum absolute atomic E-state index is 12.1. The van der Waals surface area contributed by atoms with Crippen LogP contribution in [0.25, 0.3) is 11.4 Å². The fraction of sp³-hybridized carbons (Fsp3) is 0.176. The van der Waals surface area contributed by atoms with Crippen LogP contribution in [0.2, 0.25) is 5.02 Å². The van der Waals surface area contributed by atoms with Gasteiger partial charge in [0.05, 0.1) is 18.1 Å². The molecule has 3 aromatic rings. The van der Waals surface area contributed by atoms with Crippen LogP contribution in [0, 0.1) is 10.1 Å². The van der Waals surface area contributed by atoms with E-state index < -0.39 is 16.6 Å². The molecule has 0 N–H and O–H groups in total. The summed E-state index contributed by atoms with van der Waals surface area (Å²) in [5.74, 6) is -0.278. The van der Waals surface area contributed by atoms with Gasteiger partial charge in [0.1, 0.15) is 5.56 Å². The molecule has 9 nitrogen and oxygen atoms in total. The number of esters is 1. The van der Waals surface area contributed by atoms with Gasteiger partial charge < -0.3 is 4.74 Å². The van der Waals surface area contributed by atoms with Gasteiger partial charge in [0.15, 0.2) is 0 Å². The van der Waals surface area contributed by atoms with E-state index in [0.29, 0.717) is 18.8 Å². The zero-order chi connectivity index (χ0) is 19.2. The van der Waals surface area contributed by atoms with E-state index in [1.54, 1.807) is 0 Å². The molecule has 0 radical (unpaired) electrons. The number of aromatic nitrogens is 4. The van der Waals surface area contributed by atoms with Gasteiger partial charge in [-0.25, -0.2) is 4.79 Å². The van der Waals surface area contributed by atoms with Crippen molar-refractivity contribution < 1.29 is 14.5 Å². The standard InChI is InChI=1S/C17H14ClN5O4/c18-13-7-8-14(15(11-13)23(25)26)17(24)27-10-4-9-22-20-16(19-21-22)12-5-2-1-3-6-12/h1-3,5-8,11H,4,9-10H2. The maximum Gasteiger partial charge on any atom is 0.345 e. The molecule has 27 heavy (non-hydrogen) atoms. The quantitative estimate of drug-likeness (QED) is 0.265. The van der Waals surface area contributed by atoms with Crippen molar-refractivity contribution in [3.05, 3.63) is 69.2 Å². The van der Waals surface area contributed by atoms with Gasteiger partial charge in [-0.1, -0.05) is 41.9 Å². The van der Waals surface area contributed by atoms with E-state index >= 15 is 0 Å². The van der Waals surface area contributed by atoms with Gasteiger partial charge in [-0.05, 0) is 17.3 Å². The Labute approximate surface area is 158 Å². The minimum atomic E-state index is -0.783. The molecule has 2 aromatic carbocycles. The summed E-state index contributed by atoms with van der Waals surface area (Å²) in [7, 11) is 0. The topological polar surface area (TPSA) is 113 Å². The first-order chi connectivity index (χ1) is 13.0. The number of ether oxygens (including phenoxy) is 1. The van der Waals surface area contributed by atoms with Crippen LogP contribution >= 0.6 is 11.6 Å². The molecular weight excluding hydrogens is 374 g/mol. The number of nitro groups is 1. The second-order valence-corrected chi connectivity index (χ2v) is 5.92. The minimum Gasteiger partial charge on any atom is -0.462 e. The number of tetrazole rings is 1. The fourth-order valence-electron chi connectivity index (χ4n) is 2.32. The molecule has 0 bridgehead atoms. The van der Waals surface area contributed by atoms with Crippen LogP contribution in [-0.4, -0.2) is 37.7 Å². The molecule has 0 unspecified atom stereocenters. The Morgan fingerprint density at radius 2 is 2.00 bits per heavy atom. The monoisotopic (exact) mass is 387 g/mol. The zero-order valence-corrected chi connectivity index (χ0v) is 14.7. The highest BCUT2D eigenvalue weighted by Gasteiger charge is 2.21. The molecular formula is C17H14ClN5O4. The maximum atomic E-state index is 12.1. The molecule has 0 fully saturated rings. The summed E-state index contributed by atoms with van der Waals surface area (Å²) >= 11 is 5.73. The largest absolute Gasteiger partial charge is 0.462 e. The van der Waals surface area contributed by atoms with E-state index in [9.17, 15) is 14.9 Å². The van der Waals surface area contributed by atoms with Gasteiger partial charge in [-0.15, -0.1) is 10.2 Å². The van der Waals surface area contributed by atoms with Crippen LogP contribution in [0.4, 0.5) is 5.69 Å². The first kappa shape index (κ1) is 18.5. The van der Waals surface area contributed by atoms with E-state index in [1.807, 2.05) is 30.3 Å². The number of aryl methyl sites for hydroxylation is 1. The number of nitro benzene ring substituents is 1. The highest BCUT2D eigenvalue weighted by molar-refractivity contribution is 6.31. The third kappa shape index (κ3) is 4.64. The number of hydrogen-bond donors (Lipinski definition) is 0. The lowest BCUT2D eigenvalue weighted by molar-refractivity contribution is -0.385. The van der Waals surface area contributed by atoms with Crippen molar-refractivity contribution in [1.29, 1.82) is 0 Å². The Balaban J connectivity index is 1.53. The van der Waals surface area contributed by atoms with Crippen molar-refractivity contribution in [3.8, 4) is 11.4 Å². The number of hydrogen-bond acceptors (Lipinski definition) is 7. The van der Waals surface area contributed by atoms with Crippen molar-refractivity contribution >= 4 is 23.3 Å². The smallest absolute Gasteiger partial charge is 0.345 e. The minimum absolute atomic E-state index is 0.0564. The molecule has 0 aliphatic heterocycles. The van der Waals surface area contributed by atoms with Crippen molar-refractivity contribution in [1.82, 2.24) is 20.2 Å². The summed E-state index contributed by atoms with van der Waals surface area (Å²) in [6, 6.07) is 13.2. The van der Waals surface area contributed by atoms with Crippen LogP contribution in [-0.2, 0) is 11.3 Å². The highest BCUT2D eigenvalue weighted by atomic mass is 35.5. The predicted molar refractivity (Wildman–Crippen MR) is 96.3 cm³/mol. The molecule has 0 saturated heterocycles. The van der Waals surface area contributed by atoms with E-state index in [0.717, 1.165) is 11.6 Å². The first-order valence-electron chi connectivity index (χ1n) is 7.99. The van der Waals surface area contributed by atoms with Gasteiger partial charge in [-0.3, -0.25) is 10.1 Å². The summed E-state index contributed by atoms with van der Waals surface area (Å²) in [4.78, 5) is 23.8. The Bertz CT molecular complexity index is 961. The Kier molecular flexibility index (Phi) is 5.72. The first-order valence-corrected chi connectivity index (χ1v) is 8.36. The molecule has 3 rings (SSSR count). The number of halogens is 1. The average molecular weight is 388 g/mol. The van der Waals surface area contributed by atoms with E-state index in [2.05, 4.69) is 15.4 Å². The molecule has 0 aliphatic carbocycles. The fourth-order valence-corrected chi connectivity index (χ4v) is 2.48. The van der Waals surface area contributed by atoms with Crippen LogP contribution in [0.15, 0.2) is 48.5 Å². The number of nitrogens with zero attached hydrogens (tertiary/aromatic N) is 5. The molecule has 0 aliphatic rings. The van der Waals surface area contributed by atoms with E-state index in [4.69, 9.17) is 16.3 Å². The Hall–Kier alpha value is -3.33. The molecule has 10 heteroatoms. The lowest BCUT2D eigenvalue weighted by atomic mass is 10.2. The molecule has 0 amide bonds. The van der Waals surface area contributed by atoms with Crippen molar-refractivity contribution in [2.75, 3.05) is 6.61 Å². The third-order valence-electron chi connectivity index (χ3n) is 3.60. The SMILES string of the molecule is O=C(OCCCn1nnc(-c2ccccc2)n1)c1ccc(Cl)cc1[N+](=O)[O-]. The number of benzene rings is 2. The van der Waals surface area contributed by atoms with Crippen molar-refractivity contribution in [3.63, 3.8) is 0 Å². The number of carbonyl (C=O) groups excluding carboxylic acids is 1. The third-order valence-corrected chi connectivity index (χ3v) is 3.83. The average Bonchev–Trinajstić information content (AvgIpc) is 3.14. The number of carbonyl (C=O) groups is 1. The van der Waals surface area contributed by atoms with Gasteiger partial charge in [0.2, 0.25) is 5.82 Å². The van der Waals surface area contributed by atoms with Gasteiger partial charge in [0, 0.05) is 23.1 Å².